The van der Waals surface area contributed by atoms with E-state index in [1.54, 1.807) is 43.5 Å². The molecule has 2 heterocycles. The lowest BCUT2D eigenvalue weighted by atomic mass is 10.0. The molecule has 0 spiro atoms. The summed E-state index contributed by atoms with van der Waals surface area (Å²) in [6.07, 6.45) is 4.98. The van der Waals surface area contributed by atoms with Crippen LogP contribution in [-0.2, 0) is 11.2 Å². The van der Waals surface area contributed by atoms with Gasteiger partial charge in [-0.25, -0.2) is 0 Å². The van der Waals surface area contributed by atoms with Gasteiger partial charge in [-0.3, -0.25) is 4.79 Å². The Labute approximate surface area is 139 Å². The SMILES string of the molecule is CC(O)(CNC(=O)C=Cc1ccc2c(c1)OCO2)Cc1ccco1. The van der Waals surface area contributed by atoms with Gasteiger partial charge in [0.15, 0.2) is 11.5 Å². The molecular weight excluding hydrogens is 310 g/mol. The molecule has 0 saturated heterocycles. The molecule has 0 bridgehead atoms. The van der Waals surface area contributed by atoms with Crippen molar-refractivity contribution in [3.63, 3.8) is 0 Å². The van der Waals surface area contributed by atoms with Gasteiger partial charge >= 0.3 is 0 Å². The van der Waals surface area contributed by atoms with E-state index < -0.39 is 5.60 Å². The standard InChI is InChI=1S/C18H19NO5/c1-18(21,10-14-3-2-8-22-14)11-19-17(20)7-5-13-4-6-15-16(9-13)24-12-23-15/h2-9,21H,10-12H2,1H3,(H,19,20). The van der Waals surface area contributed by atoms with Crippen LogP contribution >= 0.6 is 0 Å². The van der Waals surface area contributed by atoms with E-state index in [1.807, 2.05) is 6.07 Å². The van der Waals surface area contributed by atoms with Gasteiger partial charge in [0.2, 0.25) is 12.7 Å². The average molecular weight is 329 g/mol. The highest BCUT2D eigenvalue weighted by Gasteiger charge is 2.22. The minimum absolute atomic E-state index is 0.123. The summed E-state index contributed by atoms with van der Waals surface area (Å²) >= 11 is 0. The monoisotopic (exact) mass is 329 g/mol. The Morgan fingerprint density at radius 2 is 2.17 bits per heavy atom. The molecule has 6 heteroatoms. The van der Waals surface area contributed by atoms with Gasteiger partial charge in [-0.15, -0.1) is 0 Å². The van der Waals surface area contributed by atoms with E-state index in [9.17, 15) is 9.90 Å². The van der Waals surface area contributed by atoms with Gasteiger partial charge < -0.3 is 24.3 Å². The molecule has 1 aliphatic rings. The number of hydrogen-bond acceptors (Lipinski definition) is 5. The van der Waals surface area contributed by atoms with Crippen LogP contribution in [0.2, 0.25) is 0 Å². The van der Waals surface area contributed by atoms with Crippen molar-refractivity contribution in [3.8, 4) is 11.5 Å². The molecule has 1 atom stereocenters. The Morgan fingerprint density at radius 3 is 2.96 bits per heavy atom. The summed E-state index contributed by atoms with van der Waals surface area (Å²) in [7, 11) is 0. The molecule has 0 saturated carbocycles. The first-order valence-corrected chi connectivity index (χ1v) is 7.62. The Kier molecular flexibility index (Phi) is 4.57. The number of carbonyl (C=O) groups excluding carboxylic acids is 1. The zero-order valence-electron chi connectivity index (χ0n) is 13.3. The number of fused-ring (bicyclic) bond motifs is 1. The molecule has 1 unspecified atom stereocenters. The number of ether oxygens (including phenoxy) is 2. The van der Waals surface area contributed by atoms with Crippen molar-refractivity contribution in [1.82, 2.24) is 5.32 Å². The normalized spacial score (nSPS) is 15.4. The number of aliphatic hydroxyl groups is 1. The molecule has 1 amide bonds. The van der Waals surface area contributed by atoms with Crippen LogP contribution in [0.15, 0.2) is 47.1 Å². The van der Waals surface area contributed by atoms with E-state index in [4.69, 9.17) is 13.9 Å². The summed E-state index contributed by atoms with van der Waals surface area (Å²) in [5.41, 5.74) is -0.253. The van der Waals surface area contributed by atoms with Crippen molar-refractivity contribution in [2.75, 3.05) is 13.3 Å². The summed E-state index contributed by atoms with van der Waals surface area (Å²) in [5, 5.41) is 13.0. The number of carbonyl (C=O) groups is 1. The predicted octanol–water partition coefficient (Wildman–Crippen LogP) is 2.13. The van der Waals surface area contributed by atoms with Crippen LogP contribution in [0.4, 0.5) is 0 Å². The van der Waals surface area contributed by atoms with Gasteiger partial charge in [-0.1, -0.05) is 6.07 Å². The Balaban J connectivity index is 1.51. The van der Waals surface area contributed by atoms with Crippen molar-refractivity contribution < 1.29 is 23.8 Å². The first-order valence-electron chi connectivity index (χ1n) is 7.62. The van der Waals surface area contributed by atoms with Crippen LogP contribution in [0, 0.1) is 0 Å². The number of nitrogens with one attached hydrogen (secondary N) is 1. The summed E-state index contributed by atoms with van der Waals surface area (Å²) < 4.78 is 15.7. The van der Waals surface area contributed by atoms with Crippen LogP contribution in [0.1, 0.15) is 18.2 Å². The topological polar surface area (TPSA) is 80.9 Å². The third-order valence-corrected chi connectivity index (χ3v) is 3.60. The Hall–Kier alpha value is -2.73. The molecule has 3 rings (SSSR count). The summed E-state index contributed by atoms with van der Waals surface area (Å²) in [5.74, 6) is 1.75. The lowest BCUT2D eigenvalue weighted by molar-refractivity contribution is -0.117. The van der Waals surface area contributed by atoms with E-state index in [2.05, 4.69) is 5.32 Å². The van der Waals surface area contributed by atoms with E-state index >= 15 is 0 Å². The third kappa shape index (κ3) is 4.17. The molecule has 1 aromatic heterocycles. The van der Waals surface area contributed by atoms with Gasteiger partial charge in [0.05, 0.1) is 11.9 Å². The lowest BCUT2D eigenvalue weighted by Crippen LogP contribution is -2.41. The van der Waals surface area contributed by atoms with Gasteiger partial charge in [0, 0.05) is 19.0 Å². The number of hydrogen-bond donors (Lipinski definition) is 2. The predicted molar refractivity (Wildman–Crippen MR) is 87.6 cm³/mol. The second-order valence-electron chi connectivity index (χ2n) is 5.92. The molecular formula is C18H19NO5. The maximum Gasteiger partial charge on any atom is 0.244 e. The highest BCUT2D eigenvalue weighted by atomic mass is 16.7. The fourth-order valence-electron chi connectivity index (χ4n) is 2.38. The van der Waals surface area contributed by atoms with Crippen molar-refractivity contribution in [2.45, 2.75) is 18.9 Å². The van der Waals surface area contributed by atoms with E-state index in [0.717, 1.165) is 5.56 Å². The quantitative estimate of drug-likeness (QED) is 0.794. The van der Waals surface area contributed by atoms with Crippen molar-refractivity contribution in [3.05, 3.63) is 54.0 Å². The zero-order chi connectivity index (χ0) is 17.0. The van der Waals surface area contributed by atoms with Gasteiger partial charge in [-0.2, -0.15) is 0 Å². The van der Waals surface area contributed by atoms with Gasteiger partial charge in [0.1, 0.15) is 5.76 Å². The van der Waals surface area contributed by atoms with Crippen LogP contribution in [0.5, 0.6) is 11.5 Å². The van der Waals surface area contributed by atoms with Crippen LogP contribution in [-0.4, -0.2) is 30.0 Å². The van der Waals surface area contributed by atoms with Crippen molar-refractivity contribution in [1.29, 1.82) is 0 Å². The fourth-order valence-corrected chi connectivity index (χ4v) is 2.38. The second-order valence-corrected chi connectivity index (χ2v) is 5.92. The highest BCUT2D eigenvalue weighted by Crippen LogP contribution is 2.32. The number of benzene rings is 1. The molecule has 1 aromatic carbocycles. The smallest absolute Gasteiger partial charge is 0.244 e. The van der Waals surface area contributed by atoms with Crippen LogP contribution in [0.3, 0.4) is 0 Å². The highest BCUT2D eigenvalue weighted by molar-refractivity contribution is 5.91. The molecule has 6 nitrogen and oxygen atoms in total. The molecule has 1 aliphatic heterocycles. The molecule has 0 radical (unpaired) electrons. The molecule has 0 aliphatic carbocycles. The molecule has 2 aromatic rings. The largest absolute Gasteiger partial charge is 0.469 e. The van der Waals surface area contributed by atoms with E-state index in [0.29, 0.717) is 23.7 Å². The molecule has 126 valence electrons. The van der Waals surface area contributed by atoms with E-state index in [-0.39, 0.29) is 19.2 Å². The minimum Gasteiger partial charge on any atom is -0.469 e. The van der Waals surface area contributed by atoms with Crippen LogP contribution < -0.4 is 14.8 Å². The zero-order valence-corrected chi connectivity index (χ0v) is 13.3. The fraction of sp³-hybridized carbons (Fsp3) is 0.278. The number of rotatable bonds is 6. The summed E-state index contributed by atoms with van der Waals surface area (Å²) in [6, 6.07) is 8.99. The molecule has 2 N–H and O–H groups in total. The number of amides is 1. The summed E-state index contributed by atoms with van der Waals surface area (Å²) in [6.45, 7) is 1.99. The molecule has 0 fully saturated rings. The Bertz CT molecular complexity index is 734. The molecule has 24 heavy (non-hydrogen) atoms. The average Bonchev–Trinajstić information content (AvgIpc) is 3.21. The maximum absolute atomic E-state index is 11.9. The van der Waals surface area contributed by atoms with Crippen molar-refractivity contribution >= 4 is 12.0 Å². The second kappa shape index (κ2) is 6.80. The maximum atomic E-state index is 11.9. The minimum atomic E-state index is -1.08. The summed E-state index contributed by atoms with van der Waals surface area (Å²) in [4.78, 5) is 11.9. The third-order valence-electron chi connectivity index (χ3n) is 3.60. The van der Waals surface area contributed by atoms with Crippen LogP contribution in [0.25, 0.3) is 6.08 Å². The first-order chi connectivity index (χ1) is 11.5. The van der Waals surface area contributed by atoms with Gasteiger partial charge in [-0.05, 0) is 42.8 Å². The van der Waals surface area contributed by atoms with E-state index in [1.165, 1.54) is 6.08 Å². The number of furan rings is 1. The van der Waals surface area contributed by atoms with Gasteiger partial charge in [0.25, 0.3) is 0 Å². The Morgan fingerprint density at radius 1 is 1.33 bits per heavy atom. The van der Waals surface area contributed by atoms with Crippen molar-refractivity contribution in [2.24, 2.45) is 0 Å². The first kappa shape index (κ1) is 16.1. The lowest BCUT2D eigenvalue weighted by Gasteiger charge is -2.22.